The molecule has 0 aromatic carbocycles. The summed E-state index contributed by atoms with van der Waals surface area (Å²) >= 11 is 0. The molecule has 0 bridgehead atoms. The molecule has 0 aromatic heterocycles. The fraction of sp³-hybridized carbons (Fsp3) is 1.00. The summed E-state index contributed by atoms with van der Waals surface area (Å²) in [5, 5.41) is 3.56. The predicted molar refractivity (Wildman–Crippen MR) is 65.1 cm³/mol. The van der Waals surface area contributed by atoms with Gasteiger partial charge in [-0.05, 0) is 64.7 Å². The quantitative estimate of drug-likeness (QED) is 0.765. The lowest BCUT2D eigenvalue weighted by Crippen LogP contribution is -2.38. The summed E-state index contributed by atoms with van der Waals surface area (Å²) in [5.41, 5.74) is 0. The Bertz CT molecular complexity index is 177. The highest BCUT2D eigenvalue weighted by atomic mass is 15.1. The van der Waals surface area contributed by atoms with Crippen molar-refractivity contribution >= 4 is 0 Å². The third kappa shape index (κ3) is 4.52. The van der Waals surface area contributed by atoms with Crippen LogP contribution in [0.15, 0.2) is 0 Å². The van der Waals surface area contributed by atoms with Crippen molar-refractivity contribution in [3.63, 3.8) is 0 Å². The van der Waals surface area contributed by atoms with Gasteiger partial charge in [0.05, 0.1) is 0 Å². The second kappa shape index (κ2) is 5.86. The molecule has 1 saturated heterocycles. The van der Waals surface area contributed by atoms with Gasteiger partial charge < -0.3 is 10.2 Å². The number of rotatable bonds is 4. The average Bonchev–Trinajstić information content (AvgIpc) is 3.00. The van der Waals surface area contributed by atoms with Gasteiger partial charge in [0.1, 0.15) is 0 Å². The predicted octanol–water partition coefficient (Wildman–Crippen LogP) is 2.25. The van der Waals surface area contributed by atoms with Gasteiger partial charge in [0.2, 0.25) is 0 Å². The van der Waals surface area contributed by atoms with Crippen molar-refractivity contribution in [1.82, 2.24) is 10.2 Å². The minimum absolute atomic E-state index is 0.719. The smallest absolute Gasteiger partial charge is 0.00509 e. The molecule has 1 N–H and O–H groups in total. The van der Waals surface area contributed by atoms with Crippen LogP contribution in [0.4, 0.5) is 0 Å². The molecule has 2 rings (SSSR count). The molecule has 15 heavy (non-hydrogen) atoms. The summed E-state index contributed by atoms with van der Waals surface area (Å²) in [7, 11) is 0. The van der Waals surface area contributed by atoms with Crippen LogP contribution >= 0.6 is 0 Å². The van der Waals surface area contributed by atoms with Gasteiger partial charge >= 0.3 is 0 Å². The Balaban J connectivity index is 1.60. The molecule has 2 aliphatic rings. The van der Waals surface area contributed by atoms with Gasteiger partial charge in [-0.1, -0.05) is 12.8 Å². The van der Waals surface area contributed by atoms with Crippen LogP contribution in [-0.2, 0) is 0 Å². The monoisotopic (exact) mass is 210 g/mol. The largest absolute Gasteiger partial charge is 0.314 e. The fourth-order valence-corrected chi connectivity index (χ4v) is 2.47. The molecule has 0 amide bonds. The number of nitrogens with zero attached hydrogens (tertiary/aromatic N) is 1. The first kappa shape index (κ1) is 11.4. The van der Waals surface area contributed by atoms with Crippen LogP contribution < -0.4 is 5.32 Å². The second-order valence-corrected chi connectivity index (χ2v) is 5.42. The third-order valence-electron chi connectivity index (χ3n) is 3.81. The molecule has 0 radical (unpaired) electrons. The molecule has 2 fully saturated rings. The van der Waals surface area contributed by atoms with Gasteiger partial charge in [-0.2, -0.15) is 0 Å². The highest BCUT2D eigenvalue weighted by Crippen LogP contribution is 2.33. The van der Waals surface area contributed by atoms with E-state index in [2.05, 4.69) is 17.1 Å². The summed E-state index contributed by atoms with van der Waals surface area (Å²) < 4.78 is 0. The SMILES string of the molecule is CC1CCN(CCCC2CC2)CCCN1. The van der Waals surface area contributed by atoms with E-state index in [4.69, 9.17) is 0 Å². The maximum Gasteiger partial charge on any atom is 0.00509 e. The Morgan fingerprint density at radius 1 is 1.20 bits per heavy atom. The minimum atomic E-state index is 0.719. The Labute approximate surface area is 94.4 Å². The molecular weight excluding hydrogens is 184 g/mol. The van der Waals surface area contributed by atoms with Crippen LogP contribution in [0.3, 0.4) is 0 Å². The van der Waals surface area contributed by atoms with E-state index in [9.17, 15) is 0 Å². The molecule has 1 aliphatic heterocycles. The Kier molecular flexibility index (Phi) is 4.45. The minimum Gasteiger partial charge on any atom is -0.314 e. The lowest BCUT2D eigenvalue weighted by Gasteiger charge is -2.27. The molecule has 1 unspecified atom stereocenters. The van der Waals surface area contributed by atoms with E-state index in [-0.39, 0.29) is 0 Å². The van der Waals surface area contributed by atoms with Gasteiger partial charge in [0.25, 0.3) is 0 Å². The number of nitrogens with one attached hydrogen (secondary N) is 1. The van der Waals surface area contributed by atoms with Crippen molar-refractivity contribution in [1.29, 1.82) is 0 Å². The van der Waals surface area contributed by atoms with E-state index in [1.165, 1.54) is 64.7 Å². The Morgan fingerprint density at radius 2 is 2.07 bits per heavy atom. The molecule has 1 aliphatic carbocycles. The van der Waals surface area contributed by atoms with Crippen molar-refractivity contribution in [2.75, 3.05) is 26.2 Å². The zero-order valence-corrected chi connectivity index (χ0v) is 10.2. The zero-order chi connectivity index (χ0) is 10.5. The fourth-order valence-electron chi connectivity index (χ4n) is 2.47. The molecule has 88 valence electrons. The summed E-state index contributed by atoms with van der Waals surface area (Å²) in [4.78, 5) is 2.68. The van der Waals surface area contributed by atoms with E-state index >= 15 is 0 Å². The summed E-state index contributed by atoms with van der Waals surface area (Å²) in [6.07, 6.45) is 8.61. The molecule has 0 aromatic rings. The first-order valence-electron chi connectivity index (χ1n) is 6.80. The topological polar surface area (TPSA) is 15.3 Å². The lowest BCUT2D eigenvalue weighted by atomic mass is 10.1. The van der Waals surface area contributed by atoms with E-state index in [1.807, 2.05) is 0 Å². The van der Waals surface area contributed by atoms with E-state index in [0.717, 1.165) is 12.0 Å². The number of hydrogen-bond donors (Lipinski definition) is 1. The molecular formula is C13H26N2. The van der Waals surface area contributed by atoms with E-state index < -0.39 is 0 Å². The highest BCUT2D eigenvalue weighted by Gasteiger charge is 2.20. The van der Waals surface area contributed by atoms with Crippen LogP contribution in [0, 0.1) is 5.92 Å². The van der Waals surface area contributed by atoms with Crippen molar-refractivity contribution in [3.8, 4) is 0 Å². The summed E-state index contributed by atoms with van der Waals surface area (Å²) in [6, 6.07) is 0.719. The van der Waals surface area contributed by atoms with Gasteiger partial charge in [-0.25, -0.2) is 0 Å². The summed E-state index contributed by atoms with van der Waals surface area (Å²) in [6.45, 7) is 7.49. The average molecular weight is 210 g/mol. The standard InChI is InChI=1S/C13H26N2/c1-12-7-11-15(10-3-8-14-12)9-2-4-13-5-6-13/h12-14H,2-11H2,1H3. The first-order chi connectivity index (χ1) is 7.34. The van der Waals surface area contributed by atoms with Gasteiger partial charge in [0, 0.05) is 6.04 Å². The zero-order valence-electron chi connectivity index (χ0n) is 10.2. The maximum atomic E-state index is 3.56. The normalized spacial score (nSPS) is 29.8. The van der Waals surface area contributed by atoms with Gasteiger partial charge in [-0.3, -0.25) is 0 Å². The van der Waals surface area contributed by atoms with Crippen molar-refractivity contribution in [2.24, 2.45) is 5.92 Å². The first-order valence-corrected chi connectivity index (χ1v) is 6.80. The van der Waals surface area contributed by atoms with Crippen LogP contribution in [0.25, 0.3) is 0 Å². The van der Waals surface area contributed by atoms with Crippen molar-refractivity contribution in [2.45, 2.75) is 51.5 Å². The molecule has 1 heterocycles. The van der Waals surface area contributed by atoms with Crippen molar-refractivity contribution < 1.29 is 0 Å². The van der Waals surface area contributed by atoms with E-state index in [0.29, 0.717) is 0 Å². The number of hydrogen-bond acceptors (Lipinski definition) is 2. The molecule has 1 atom stereocenters. The molecule has 2 nitrogen and oxygen atoms in total. The molecule has 1 saturated carbocycles. The highest BCUT2D eigenvalue weighted by molar-refractivity contribution is 4.74. The third-order valence-corrected chi connectivity index (χ3v) is 3.81. The lowest BCUT2D eigenvalue weighted by molar-refractivity contribution is 0.232. The van der Waals surface area contributed by atoms with Gasteiger partial charge in [-0.15, -0.1) is 0 Å². The van der Waals surface area contributed by atoms with E-state index in [1.54, 1.807) is 0 Å². The molecule has 2 heteroatoms. The van der Waals surface area contributed by atoms with Crippen LogP contribution in [0.5, 0.6) is 0 Å². The maximum absolute atomic E-state index is 3.56. The summed E-state index contributed by atoms with van der Waals surface area (Å²) in [5.74, 6) is 1.11. The second-order valence-electron chi connectivity index (χ2n) is 5.42. The Hall–Kier alpha value is -0.0800. The van der Waals surface area contributed by atoms with Crippen LogP contribution in [0.2, 0.25) is 0 Å². The molecule has 0 spiro atoms. The van der Waals surface area contributed by atoms with Crippen LogP contribution in [-0.4, -0.2) is 37.1 Å². The van der Waals surface area contributed by atoms with Crippen LogP contribution in [0.1, 0.15) is 45.4 Å². The van der Waals surface area contributed by atoms with Crippen molar-refractivity contribution in [3.05, 3.63) is 0 Å². The van der Waals surface area contributed by atoms with Gasteiger partial charge in [0.15, 0.2) is 0 Å². The Morgan fingerprint density at radius 3 is 2.87 bits per heavy atom.